The van der Waals surface area contributed by atoms with Crippen LogP contribution in [0.5, 0.6) is 5.88 Å². The van der Waals surface area contributed by atoms with Gasteiger partial charge >= 0.3 is 0 Å². The van der Waals surface area contributed by atoms with Crippen LogP contribution in [0.25, 0.3) is 11.3 Å². The van der Waals surface area contributed by atoms with Crippen LogP contribution in [-0.4, -0.2) is 55.7 Å². The largest absolute Gasteiger partial charge is 0.476 e. The van der Waals surface area contributed by atoms with E-state index in [9.17, 15) is 8.42 Å². The highest BCUT2D eigenvalue weighted by molar-refractivity contribution is 7.92. The molecule has 0 amide bonds. The third-order valence-electron chi connectivity index (χ3n) is 7.78. The van der Waals surface area contributed by atoms with E-state index in [0.717, 1.165) is 61.3 Å². The molecule has 3 heterocycles. The molecular weight excluding hydrogens is 524 g/mol. The number of nitrogens with zero attached hydrogens (tertiary/aromatic N) is 3. The number of sulfonamides is 1. The normalized spacial score (nSPS) is 20.1. The smallest absolute Gasteiger partial charge is 0.264 e. The van der Waals surface area contributed by atoms with Crippen molar-refractivity contribution in [2.45, 2.75) is 64.4 Å². The van der Waals surface area contributed by atoms with E-state index in [1.807, 2.05) is 50.2 Å². The van der Waals surface area contributed by atoms with Crippen molar-refractivity contribution in [1.82, 2.24) is 14.9 Å². The summed E-state index contributed by atoms with van der Waals surface area (Å²) in [5.74, 6) is 1.34. The second kappa shape index (κ2) is 12.2. The molecule has 1 aromatic heterocycles. The monoisotopic (exact) mass is 564 g/mol. The summed E-state index contributed by atoms with van der Waals surface area (Å²) >= 11 is 0. The summed E-state index contributed by atoms with van der Waals surface area (Å²) in [5.41, 5.74) is 4.61. The number of benzene rings is 2. The van der Waals surface area contributed by atoms with Gasteiger partial charge in [0.25, 0.3) is 10.0 Å². The van der Waals surface area contributed by atoms with Gasteiger partial charge in [0.15, 0.2) is 0 Å². The average molecular weight is 565 g/mol. The third kappa shape index (κ3) is 6.82. The summed E-state index contributed by atoms with van der Waals surface area (Å²) in [6.07, 6.45) is 3.00. The zero-order chi connectivity index (χ0) is 28.3. The molecule has 0 aliphatic carbocycles. The maximum atomic E-state index is 13.5. The van der Waals surface area contributed by atoms with Crippen LogP contribution in [0.1, 0.15) is 49.8 Å². The lowest BCUT2D eigenvalue weighted by Gasteiger charge is -2.36. The standard InChI is InChI=1S/C31H40N4O4S/c1-21(2)15-26-20-39-29-17-28(30-22(3)7-5-8-23(30)4)32-31(33-29)34-40(36,37)27-10-6-9-25(16-27)19-35(26)18-24-11-13-38-14-12-24/h5-10,16-17,21,24,26H,11-15,18-20H2,1-4H3,(H,32,33,34)/t26-/m1/s1. The number of aryl methyl sites for hydroxylation is 2. The number of aromatic nitrogens is 2. The van der Waals surface area contributed by atoms with Crippen molar-refractivity contribution in [1.29, 1.82) is 0 Å². The highest BCUT2D eigenvalue weighted by Gasteiger charge is 2.27. The van der Waals surface area contributed by atoms with E-state index in [1.165, 1.54) is 0 Å². The number of fused-ring (bicyclic) bond motifs is 4. The molecule has 9 heteroatoms. The summed E-state index contributed by atoms with van der Waals surface area (Å²) < 4.78 is 41.7. The van der Waals surface area contributed by atoms with Crippen LogP contribution in [0.4, 0.5) is 5.95 Å². The summed E-state index contributed by atoms with van der Waals surface area (Å²) in [4.78, 5) is 11.8. The zero-order valence-electron chi connectivity index (χ0n) is 23.9. The van der Waals surface area contributed by atoms with Gasteiger partial charge in [-0.05, 0) is 73.8 Å². The molecule has 4 bridgehead atoms. The van der Waals surface area contributed by atoms with Gasteiger partial charge in [-0.1, -0.05) is 44.2 Å². The molecular formula is C31H40N4O4S. The molecule has 2 aliphatic rings. The van der Waals surface area contributed by atoms with Crippen LogP contribution in [0.2, 0.25) is 0 Å². The van der Waals surface area contributed by atoms with Gasteiger partial charge in [0.2, 0.25) is 11.8 Å². The molecule has 214 valence electrons. The van der Waals surface area contributed by atoms with Gasteiger partial charge in [-0.3, -0.25) is 4.90 Å². The minimum absolute atomic E-state index is 0.000672. The van der Waals surface area contributed by atoms with Crippen molar-refractivity contribution in [2.75, 3.05) is 31.1 Å². The van der Waals surface area contributed by atoms with E-state index >= 15 is 0 Å². The lowest BCUT2D eigenvalue weighted by molar-refractivity contribution is 0.0327. The summed E-state index contributed by atoms with van der Waals surface area (Å²) in [5, 5.41) is 0. The maximum absolute atomic E-state index is 13.5. The first-order chi connectivity index (χ1) is 19.2. The van der Waals surface area contributed by atoms with Gasteiger partial charge < -0.3 is 9.47 Å². The van der Waals surface area contributed by atoms with Crippen LogP contribution in [-0.2, 0) is 21.3 Å². The third-order valence-corrected chi connectivity index (χ3v) is 9.10. The Hall–Kier alpha value is -3.01. The first-order valence-corrected chi connectivity index (χ1v) is 15.7. The predicted molar refractivity (Wildman–Crippen MR) is 157 cm³/mol. The number of anilines is 1. The Balaban J connectivity index is 1.60. The molecule has 0 spiro atoms. The van der Waals surface area contributed by atoms with Crippen LogP contribution >= 0.6 is 0 Å². The predicted octanol–water partition coefficient (Wildman–Crippen LogP) is 5.60. The minimum Gasteiger partial charge on any atom is -0.476 e. The van der Waals surface area contributed by atoms with Crippen LogP contribution in [0.15, 0.2) is 53.4 Å². The topological polar surface area (TPSA) is 93.7 Å². The molecule has 2 aliphatic heterocycles. The van der Waals surface area contributed by atoms with Crippen LogP contribution < -0.4 is 9.46 Å². The molecule has 0 radical (unpaired) electrons. The average Bonchev–Trinajstić information content (AvgIpc) is 2.91. The molecule has 3 aromatic rings. The van der Waals surface area contributed by atoms with E-state index in [4.69, 9.17) is 9.47 Å². The van der Waals surface area contributed by atoms with Gasteiger partial charge in [-0.2, -0.15) is 4.98 Å². The molecule has 1 N–H and O–H groups in total. The second-order valence-corrected chi connectivity index (χ2v) is 13.2. The Morgan fingerprint density at radius 1 is 1.02 bits per heavy atom. The molecule has 1 atom stereocenters. The highest BCUT2D eigenvalue weighted by atomic mass is 32.2. The number of hydrogen-bond acceptors (Lipinski definition) is 7. The van der Waals surface area contributed by atoms with Gasteiger partial charge in [-0.15, -0.1) is 0 Å². The molecule has 0 saturated carbocycles. The molecule has 1 fully saturated rings. The van der Waals surface area contributed by atoms with E-state index < -0.39 is 10.0 Å². The maximum Gasteiger partial charge on any atom is 0.264 e. The Morgan fingerprint density at radius 2 is 1.75 bits per heavy atom. The number of nitrogens with one attached hydrogen (secondary N) is 1. The fourth-order valence-corrected chi connectivity index (χ4v) is 6.78. The van der Waals surface area contributed by atoms with Crippen molar-refractivity contribution < 1.29 is 17.9 Å². The van der Waals surface area contributed by atoms with Gasteiger partial charge in [-0.25, -0.2) is 18.1 Å². The highest BCUT2D eigenvalue weighted by Crippen LogP contribution is 2.30. The molecule has 5 rings (SSSR count). The Bertz CT molecular complexity index is 1420. The van der Waals surface area contributed by atoms with Crippen molar-refractivity contribution >= 4 is 16.0 Å². The molecule has 8 nitrogen and oxygen atoms in total. The van der Waals surface area contributed by atoms with Crippen LogP contribution in [0, 0.1) is 25.7 Å². The molecule has 1 saturated heterocycles. The number of rotatable bonds is 5. The minimum atomic E-state index is -3.92. The number of ether oxygens (including phenoxy) is 2. The lowest BCUT2D eigenvalue weighted by atomic mass is 9.96. The fraction of sp³-hybridized carbons (Fsp3) is 0.484. The van der Waals surface area contributed by atoms with Crippen LogP contribution in [0.3, 0.4) is 0 Å². The Kier molecular flexibility index (Phi) is 8.73. The van der Waals surface area contributed by atoms with Crippen molar-refractivity contribution in [2.24, 2.45) is 11.8 Å². The molecule has 40 heavy (non-hydrogen) atoms. The lowest BCUT2D eigenvalue weighted by Crippen LogP contribution is -2.43. The summed E-state index contributed by atoms with van der Waals surface area (Å²) in [7, 11) is -3.92. The van der Waals surface area contributed by atoms with E-state index in [0.29, 0.717) is 36.6 Å². The second-order valence-electron chi connectivity index (χ2n) is 11.5. The van der Waals surface area contributed by atoms with Crippen molar-refractivity contribution in [3.05, 3.63) is 65.2 Å². The SMILES string of the molecule is Cc1cccc(C)c1-c1cc2nc(n1)NS(=O)(=O)c1cccc(c1)CN(CC1CCOCC1)[C@H](CC(C)C)CO2. The quantitative estimate of drug-likeness (QED) is 0.431. The van der Waals surface area contributed by atoms with E-state index in [-0.39, 0.29) is 16.9 Å². The Morgan fingerprint density at radius 3 is 2.48 bits per heavy atom. The fourth-order valence-electron chi connectivity index (χ4n) is 5.77. The van der Waals surface area contributed by atoms with Gasteiger partial charge in [0, 0.05) is 44.0 Å². The van der Waals surface area contributed by atoms with Gasteiger partial charge in [0.05, 0.1) is 10.6 Å². The van der Waals surface area contributed by atoms with Gasteiger partial charge in [0.1, 0.15) is 6.61 Å². The van der Waals surface area contributed by atoms with E-state index in [1.54, 1.807) is 12.1 Å². The first kappa shape index (κ1) is 28.5. The van der Waals surface area contributed by atoms with E-state index in [2.05, 4.69) is 33.4 Å². The van der Waals surface area contributed by atoms with Crippen molar-refractivity contribution in [3.63, 3.8) is 0 Å². The first-order valence-electron chi connectivity index (χ1n) is 14.2. The summed E-state index contributed by atoms with van der Waals surface area (Å²) in [6.45, 7) is 12.1. The zero-order valence-corrected chi connectivity index (χ0v) is 24.7. The molecule has 2 aromatic carbocycles. The van der Waals surface area contributed by atoms with Crippen molar-refractivity contribution in [3.8, 4) is 17.1 Å². The Labute approximate surface area is 238 Å². The molecule has 0 unspecified atom stereocenters. The number of hydrogen-bond donors (Lipinski definition) is 1. The summed E-state index contributed by atoms with van der Waals surface area (Å²) in [6, 6.07) is 15.2.